The lowest BCUT2D eigenvalue weighted by molar-refractivity contribution is 0.0953. The Kier molecular flexibility index (Phi) is 15.8. The Labute approximate surface area is 249 Å². The van der Waals surface area contributed by atoms with E-state index in [0.717, 1.165) is 32.3 Å². The Morgan fingerprint density at radius 2 is 1.80 bits per heavy atom. The summed E-state index contributed by atoms with van der Waals surface area (Å²) in [6, 6.07) is 19.1. The van der Waals surface area contributed by atoms with E-state index in [1.165, 1.54) is 21.7 Å². The molecule has 0 aliphatic carbocycles. The fraction of sp³-hybridized carbons (Fsp3) is 0.333. The van der Waals surface area contributed by atoms with Gasteiger partial charge < -0.3 is 15.5 Å². The zero-order valence-electron chi connectivity index (χ0n) is 24.8. The number of aromatic nitrogens is 2. The van der Waals surface area contributed by atoms with Crippen LogP contribution >= 0.6 is 11.3 Å². The van der Waals surface area contributed by atoms with E-state index in [0.29, 0.717) is 23.6 Å². The number of hydrogen-bond donors (Lipinski definition) is 2. The van der Waals surface area contributed by atoms with Crippen molar-refractivity contribution in [1.29, 1.82) is 0 Å². The van der Waals surface area contributed by atoms with Gasteiger partial charge in [0.05, 0.1) is 0 Å². The van der Waals surface area contributed by atoms with Crippen molar-refractivity contribution >= 4 is 23.5 Å². The molecular weight excluding hydrogens is 530 g/mol. The van der Waals surface area contributed by atoms with E-state index in [1.807, 2.05) is 56.3 Å². The van der Waals surface area contributed by atoms with Crippen LogP contribution < -0.4 is 10.6 Å². The minimum absolute atomic E-state index is 0.155. The van der Waals surface area contributed by atoms with Crippen LogP contribution in [0.15, 0.2) is 84.6 Å². The van der Waals surface area contributed by atoms with Gasteiger partial charge in [0.25, 0.3) is 5.91 Å². The number of aldehydes is 1. The van der Waals surface area contributed by atoms with Crippen LogP contribution in [-0.4, -0.2) is 54.2 Å². The van der Waals surface area contributed by atoms with Crippen molar-refractivity contribution in [1.82, 2.24) is 25.5 Å². The summed E-state index contributed by atoms with van der Waals surface area (Å²) >= 11 is 1.70. The fourth-order valence-electron chi connectivity index (χ4n) is 3.56. The minimum Gasteiger partial charge on any atom is -0.352 e. The lowest BCUT2D eigenvalue weighted by Gasteiger charge is -2.09. The minimum atomic E-state index is -0.155. The van der Waals surface area contributed by atoms with Gasteiger partial charge in [-0.1, -0.05) is 67.9 Å². The summed E-state index contributed by atoms with van der Waals surface area (Å²) in [6.45, 7) is 9.51. The van der Waals surface area contributed by atoms with E-state index in [-0.39, 0.29) is 5.91 Å². The van der Waals surface area contributed by atoms with Gasteiger partial charge in [-0.3, -0.25) is 14.6 Å². The smallest absolute Gasteiger partial charge is 0.251 e. The quantitative estimate of drug-likeness (QED) is 0.166. The Bertz CT molecular complexity index is 1280. The van der Waals surface area contributed by atoms with Crippen LogP contribution in [-0.2, 0) is 13.1 Å². The molecule has 0 aliphatic heterocycles. The fourth-order valence-corrected chi connectivity index (χ4v) is 4.29. The summed E-state index contributed by atoms with van der Waals surface area (Å²) in [4.78, 5) is 33.3. The molecule has 0 fully saturated rings. The van der Waals surface area contributed by atoms with Gasteiger partial charge in [-0.15, -0.1) is 11.3 Å². The summed E-state index contributed by atoms with van der Waals surface area (Å²) < 4.78 is 0. The van der Waals surface area contributed by atoms with Crippen molar-refractivity contribution in [2.45, 2.75) is 46.2 Å². The molecule has 2 N–H and O–H groups in total. The average molecular weight is 574 g/mol. The molecule has 0 saturated carbocycles. The summed E-state index contributed by atoms with van der Waals surface area (Å²) in [5.41, 5.74) is 4.74. The van der Waals surface area contributed by atoms with E-state index < -0.39 is 0 Å². The SMILES string of the molecule is CC(C)c1cncc(CNCCCNC(=O)c2cccc(C=O)c2)c1.CN(C)Cc1nccs1.Cc1ccccc1. The molecule has 4 rings (SSSR count). The van der Waals surface area contributed by atoms with E-state index in [9.17, 15) is 9.59 Å². The maximum atomic E-state index is 12.0. The van der Waals surface area contributed by atoms with Crippen molar-refractivity contribution in [3.8, 4) is 0 Å². The highest BCUT2D eigenvalue weighted by molar-refractivity contribution is 7.09. The Morgan fingerprint density at radius 3 is 2.41 bits per heavy atom. The van der Waals surface area contributed by atoms with E-state index in [4.69, 9.17) is 0 Å². The zero-order valence-corrected chi connectivity index (χ0v) is 25.7. The Morgan fingerprint density at radius 1 is 1.02 bits per heavy atom. The molecule has 0 bridgehead atoms. The van der Waals surface area contributed by atoms with Gasteiger partial charge in [0.2, 0.25) is 0 Å². The van der Waals surface area contributed by atoms with Gasteiger partial charge in [0.15, 0.2) is 0 Å². The lowest BCUT2D eigenvalue weighted by atomic mass is 10.0. The summed E-state index contributed by atoms with van der Waals surface area (Å²) in [7, 11) is 4.09. The third-order valence-electron chi connectivity index (χ3n) is 5.79. The van der Waals surface area contributed by atoms with E-state index in [2.05, 4.69) is 64.5 Å². The second kappa shape index (κ2) is 19.4. The number of benzene rings is 2. The number of pyridine rings is 1. The van der Waals surface area contributed by atoms with Crippen LogP contribution in [0.5, 0.6) is 0 Å². The van der Waals surface area contributed by atoms with Gasteiger partial charge in [-0.25, -0.2) is 4.98 Å². The van der Waals surface area contributed by atoms with Gasteiger partial charge >= 0.3 is 0 Å². The van der Waals surface area contributed by atoms with Crippen molar-refractivity contribution < 1.29 is 9.59 Å². The Hall–Kier alpha value is -3.72. The second-order valence-electron chi connectivity index (χ2n) is 10.1. The van der Waals surface area contributed by atoms with Crippen molar-refractivity contribution in [2.24, 2.45) is 0 Å². The van der Waals surface area contributed by atoms with Crippen LogP contribution in [0.2, 0.25) is 0 Å². The molecule has 2 heterocycles. The van der Waals surface area contributed by atoms with Crippen LogP contribution in [0.1, 0.15) is 68.6 Å². The third kappa shape index (κ3) is 14.5. The van der Waals surface area contributed by atoms with Gasteiger partial charge in [0.1, 0.15) is 11.3 Å². The van der Waals surface area contributed by atoms with Crippen molar-refractivity contribution in [2.75, 3.05) is 27.2 Å². The molecule has 218 valence electrons. The van der Waals surface area contributed by atoms with E-state index >= 15 is 0 Å². The van der Waals surface area contributed by atoms with Crippen LogP contribution in [0.25, 0.3) is 0 Å². The standard InChI is InChI=1S/C20H25N3O2.C7H8.C6H10N2S/c1-15(2)19-10-17(12-22-13-19)11-21-7-4-8-23-20(25)18-6-3-5-16(9-18)14-24;1-7-5-3-2-4-6-7;1-8(2)5-6-7-3-4-9-6/h3,5-6,9-10,12-15,21H,4,7-8,11H2,1-2H3,(H,23,25);2-6H,1H3;3-4H,5H2,1-2H3. The second-order valence-corrected chi connectivity index (χ2v) is 11.1. The normalized spacial score (nSPS) is 10.3. The highest BCUT2D eigenvalue weighted by atomic mass is 32.1. The zero-order chi connectivity index (χ0) is 29.9. The van der Waals surface area contributed by atoms with E-state index in [1.54, 1.807) is 35.6 Å². The first kappa shape index (κ1) is 33.5. The molecule has 8 heteroatoms. The maximum absolute atomic E-state index is 12.0. The molecule has 41 heavy (non-hydrogen) atoms. The van der Waals surface area contributed by atoms with Crippen molar-refractivity contribution in [3.63, 3.8) is 0 Å². The molecule has 1 amide bonds. The summed E-state index contributed by atoms with van der Waals surface area (Å²) in [5.74, 6) is 0.318. The van der Waals surface area contributed by atoms with Gasteiger partial charge in [-0.05, 0) is 63.2 Å². The number of rotatable bonds is 11. The van der Waals surface area contributed by atoms with Crippen LogP contribution in [0, 0.1) is 6.92 Å². The Balaban J connectivity index is 0.000000296. The molecule has 2 aromatic heterocycles. The first-order chi connectivity index (χ1) is 19.8. The summed E-state index contributed by atoms with van der Waals surface area (Å²) in [6.07, 6.45) is 7.19. The molecule has 7 nitrogen and oxygen atoms in total. The number of nitrogens with zero attached hydrogens (tertiary/aromatic N) is 3. The monoisotopic (exact) mass is 573 g/mol. The molecule has 0 spiro atoms. The summed E-state index contributed by atoms with van der Waals surface area (Å²) in [5, 5.41) is 9.41. The topological polar surface area (TPSA) is 87.2 Å². The number of amides is 1. The molecule has 0 unspecified atom stereocenters. The molecule has 4 aromatic rings. The van der Waals surface area contributed by atoms with Crippen molar-refractivity contribution in [3.05, 3.63) is 117 Å². The number of carbonyl (C=O) groups is 2. The van der Waals surface area contributed by atoms with Gasteiger partial charge in [0, 0.05) is 54.7 Å². The molecular formula is C33H43N5O2S. The number of carbonyl (C=O) groups excluding carboxylic acids is 2. The number of nitrogens with one attached hydrogen (secondary N) is 2. The molecule has 0 aliphatic rings. The molecule has 0 saturated heterocycles. The molecule has 0 radical (unpaired) electrons. The third-order valence-corrected chi connectivity index (χ3v) is 6.55. The van der Waals surface area contributed by atoms with Crippen LogP contribution in [0.3, 0.4) is 0 Å². The molecule has 2 aromatic carbocycles. The number of hydrogen-bond acceptors (Lipinski definition) is 7. The first-order valence-corrected chi connectivity index (χ1v) is 14.7. The largest absolute Gasteiger partial charge is 0.352 e. The number of aryl methyl sites for hydroxylation is 1. The van der Waals surface area contributed by atoms with Crippen LogP contribution in [0.4, 0.5) is 0 Å². The predicted octanol–water partition coefficient (Wildman–Crippen LogP) is 6.13. The highest BCUT2D eigenvalue weighted by Gasteiger charge is 2.05. The average Bonchev–Trinajstić information content (AvgIpc) is 3.48. The van der Waals surface area contributed by atoms with Gasteiger partial charge in [-0.2, -0.15) is 0 Å². The predicted molar refractivity (Wildman–Crippen MR) is 169 cm³/mol. The lowest BCUT2D eigenvalue weighted by Crippen LogP contribution is -2.27. The first-order valence-electron chi connectivity index (χ1n) is 13.8. The maximum Gasteiger partial charge on any atom is 0.251 e. The molecule has 0 atom stereocenters. The highest BCUT2D eigenvalue weighted by Crippen LogP contribution is 2.13. The number of thiazole rings is 1.